The number of hydrogen-bond acceptors (Lipinski definition) is 4. The molecule has 1 atom stereocenters. The van der Waals surface area contributed by atoms with Crippen molar-refractivity contribution in [3.05, 3.63) is 24.3 Å². The number of rotatable bonds is 5. The van der Waals surface area contributed by atoms with Gasteiger partial charge in [0.1, 0.15) is 5.54 Å². The van der Waals surface area contributed by atoms with Gasteiger partial charge in [-0.25, -0.2) is 0 Å². The molecule has 0 saturated carbocycles. The molecule has 1 amide bonds. The summed E-state index contributed by atoms with van der Waals surface area (Å²) in [6.45, 7) is 6.54. The van der Waals surface area contributed by atoms with Crippen LogP contribution in [0.15, 0.2) is 18.6 Å². The quantitative estimate of drug-likeness (QED) is 0.756. The van der Waals surface area contributed by atoms with Gasteiger partial charge in [-0.3, -0.25) is 20.1 Å². The minimum atomic E-state index is -0.960. The average molecular weight is 222 g/mol. The van der Waals surface area contributed by atoms with E-state index in [1.54, 1.807) is 25.5 Å². The van der Waals surface area contributed by atoms with Crippen molar-refractivity contribution < 1.29 is 4.79 Å². The molecule has 88 valence electrons. The van der Waals surface area contributed by atoms with Gasteiger partial charge < -0.3 is 5.73 Å². The maximum atomic E-state index is 11.5. The highest BCUT2D eigenvalue weighted by Crippen LogP contribution is 2.17. The van der Waals surface area contributed by atoms with Gasteiger partial charge in [0, 0.05) is 12.4 Å². The summed E-state index contributed by atoms with van der Waals surface area (Å²) >= 11 is 0. The number of nitrogens with one attached hydrogen (secondary N) is 1. The Morgan fingerprint density at radius 1 is 1.56 bits per heavy atom. The van der Waals surface area contributed by atoms with Gasteiger partial charge in [-0.2, -0.15) is 0 Å². The van der Waals surface area contributed by atoms with Crippen LogP contribution in [0.5, 0.6) is 0 Å². The molecule has 5 nitrogen and oxygen atoms in total. The molecule has 0 bridgehead atoms. The lowest BCUT2D eigenvalue weighted by atomic mass is 9.96. The number of carbonyl (C=O) groups excluding carboxylic acids is 1. The Bertz CT molecular complexity index is 352. The highest BCUT2D eigenvalue weighted by molar-refractivity contribution is 5.85. The fraction of sp³-hybridized carbons (Fsp3) is 0.545. The normalized spacial score (nSPS) is 14.8. The highest BCUT2D eigenvalue weighted by atomic mass is 16.1. The van der Waals surface area contributed by atoms with Crippen molar-refractivity contribution in [2.75, 3.05) is 6.54 Å². The van der Waals surface area contributed by atoms with Crippen LogP contribution in [0.3, 0.4) is 0 Å². The first-order valence-electron chi connectivity index (χ1n) is 5.28. The lowest BCUT2D eigenvalue weighted by Crippen LogP contribution is -2.52. The lowest BCUT2D eigenvalue weighted by molar-refractivity contribution is -0.124. The Kier molecular flexibility index (Phi) is 3.95. The zero-order valence-corrected chi connectivity index (χ0v) is 9.90. The van der Waals surface area contributed by atoms with Gasteiger partial charge in [0.05, 0.1) is 11.9 Å². The monoisotopic (exact) mass is 222 g/mol. The molecule has 5 heteroatoms. The third-order valence-electron chi connectivity index (χ3n) is 2.43. The zero-order valence-electron chi connectivity index (χ0n) is 9.90. The number of hydrogen-bond donors (Lipinski definition) is 2. The molecule has 16 heavy (non-hydrogen) atoms. The van der Waals surface area contributed by atoms with Crippen molar-refractivity contribution >= 4 is 5.91 Å². The van der Waals surface area contributed by atoms with Crippen molar-refractivity contribution in [2.24, 2.45) is 11.7 Å². The molecule has 1 rings (SSSR count). The SMILES string of the molecule is CC(C)CNC(C)(C(N)=O)c1cnccn1. The zero-order chi connectivity index (χ0) is 12.2. The number of primary amides is 1. The van der Waals surface area contributed by atoms with Crippen LogP contribution in [0.4, 0.5) is 0 Å². The van der Waals surface area contributed by atoms with Gasteiger partial charge in [0.25, 0.3) is 0 Å². The third kappa shape index (κ3) is 2.76. The first kappa shape index (κ1) is 12.6. The van der Waals surface area contributed by atoms with Crippen LogP contribution in [0.1, 0.15) is 26.5 Å². The second-order valence-electron chi connectivity index (χ2n) is 4.35. The molecule has 0 fully saturated rings. The van der Waals surface area contributed by atoms with E-state index in [2.05, 4.69) is 29.1 Å². The van der Waals surface area contributed by atoms with Crippen molar-refractivity contribution in [3.8, 4) is 0 Å². The Morgan fingerprint density at radius 3 is 2.69 bits per heavy atom. The minimum absolute atomic E-state index is 0.426. The van der Waals surface area contributed by atoms with Gasteiger partial charge in [-0.15, -0.1) is 0 Å². The molecule has 0 aliphatic rings. The number of carbonyl (C=O) groups is 1. The third-order valence-corrected chi connectivity index (χ3v) is 2.43. The molecule has 0 aliphatic heterocycles. The Hall–Kier alpha value is -1.49. The largest absolute Gasteiger partial charge is 0.368 e. The topological polar surface area (TPSA) is 80.9 Å². The number of amides is 1. The molecule has 3 N–H and O–H groups in total. The molecule has 1 heterocycles. The average Bonchev–Trinajstić information content (AvgIpc) is 2.26. The second-order valence-corrected chi connectivity index (χ2v) is 4.35. The Balaban J connectivity index is 2.93. The van der Waals surface area contributed by atoms with E-state index in [4.69, 9.17) is 5.73 Å². The van der Waals surface area contributed by atoms with Crippen LogP contribution < -0.4 is 11.1 Å². The second kappa shape index (κ2) is 5.03. The van der Waals surface area contributed by atoms with Crippen LogP contribution in [0, 0.1) is 5.92 Å². The minimum Gasteiger partial charge on any atom is -0.368 e. The molecular formula is C11H18N4O. The van der Waals surface area contributed by atoms with E-state index in [1.165, 1.54) is 0 Å². The molecule has 0 spiro atoms. The summed E-state index contributed by atoms with van der Waals surface area (Å²) in [6, 6.07) is 0. The molecule has 0 radical (unpaired) electrons. The molecule has 0 aromatic carbocycles. The van der Waals surface area contributed by atoms with E-state index < -0.39 is 11.4 Å². The fourth-order valence-electron chi connectivity index (χ4n) is 1.27. The van der Waals surface area contributed by atoms with Crippen molar-refractivity contribution in [2.45, 2.75) is 26.3 Å². The van der Waals surface area contributed by atoms with E-state index in [0.29, 0.717) is 18.2 Å². The van der Waals surface area contributed by atoms with Crippen molar-refractivity contribution in [3.63, 3.8) is 0 Å². The maximum Gasteiger partial charge on any atom is 0.243 e. The maximum absolute atomic E-state index is 11.5. The number of nitrogens with zero attached hydrogens (tertiary/aromatic N) is 2. The number of aromatic nitrogens is 2. The fourth-order valence-corrected chi connectivity index (χ4v) is 1.27. The summed E-state index contributed by atoms with van der Waals surface area (Å²) in [7, 11) is 0. The Labute approximate surface area is 95.5 Å². The van der Waals surface area contributed by atoms with E-state index >= 15 is 0 Å². The standard InChI is InChI=1S/C11H18N4O/c1-8(2)6-15-11(3,10(12)16)9-7-13-4-5-14-9/h4-5,7-8,15H,6H2,1-3H3,(H2,12,16). The van der Waals surface area contributed by atoms with E-state index in [1.807, 2.05) is 0 Å². The van der Waals surface area contributed by atoms with E-state index in [9.17, 15) is 4.79 Å². The van der Waals surface area contributed by atoms with Crippen LogP contribution in [-0.2, 0) is 10.3 Å². The van der Waals surface area contributed by atoms with Crippen LogP contribution in [-0.4, -0.2) is 22.4 Å². The number of nitrogens with two attached hydrogens (primary N) is 1. The van der Waals surface area contributed by atoms with Gasteiger partial charge >= 0.3 is 0 Å². The summed E-state index contributed by atoms with van der Waals surface area (Å²) < 4.78 is 0. The first-order chi connectivity index (χ1) is 7.47. The molecule has 1 aromatic rings. The molecule has 0 saturated heterocycles. The predicted molar refractivity (Wildman–Crippen MR) is 61.4 cm³/mol. The summed E-state index contributed by atoms with van der Waals surface area (Å²) in [4.78, 5) is 19.6. The van der Waals surface area contributed by atoms with Crippen molar-refractivity contribution in [1.29, 1.82) is 0 Å². The van der Waals surface area contributed by atoms with Crippen LogP contribution >= 0.6 is 0 Å². The van der Waals surface area contributed by atoms with Gasteiger partial charge in [0.2, 0.25) is 5.91 Å². The summed E-state index contributed by atoms with van der Waals surface area (Å²) in [5, 5.41) is 3.13. The Morgan fingerprint density at radius 2 is 2.25 bits per heavy atom. The molecular weight excluding hydrogens is 204 g/mol. The van der Waals surface area contributed by atoms with E-state index in [0.717, 1.165) is 0 Å². The summed E-state index contributed by atoms with van der Waals surface area (Å²) in [5.41, 5.74) is 5.00. The molecule has 1 aromatic heterocycles. The van der Waals surface area contributed by atoms with Gasteiger partial charge in [-0.05, 0) is 19.4 Å². The van der Waals surface area contributed by atoms with Crippen LogP contribution in [0.25, 0.3) is 0 Å². The van der Waals surface area contributed by atoms with Crippen LogP contribution in [0.2, 0.25) is 0 Å². The molecule has 1 unspecified atom stereocenters. The van der Waals surface area contributed by atoms with Gasteiger partial charge in [0.15, 0.2) is 0 Å². The van der Waals surface area contributed by atoms with Gasteiger partial charge in [-0.1, -0.05) is 13.8 Å². The summed E-state index contributed by atoms with van der Waals surface area (Å²) in [5.74, 6) is -0.0241. The van der Waals surface area contributed by atoms with Crippen molar-refractivity contribution in [1.82, 2.24) is 15.3 Å². The summed E-state index contributed by atoms with van der Waals surface area (Å²) in [6.07, 6.45) is 4.67. The molecule has 0 aliphatic carbocycles. The van der Waals surface area contributed by atoms with E-state index in [-0.39, 0.29) is 0 Å². The smallest absolute Gasteiger partial charge is 0.243 e. The highest BCUT2D eigenvalue weighted by Gasteiger charge is 2.34. The lowest BCUT2D eigenvalue weighted by Gasteiger charge is -2.27. The predicted octanol–water partition coefficient (Wildman–Crippen LogP) is 0.423. The first-order valence-corrected chi connectivity index (χ1v) is 5.28.